The standard InChI is InChI=1S/C14H18N2O2S2/c1-10-16-11(9-19-10)5-6-15-8-13-4-3-12(20-13)7-14(17)18-2/h3-4,9,15H,5-8H2,1-2H3. The van der Waals surface area contributed by atoms with E-state index in [9.17, 15) is 4.79 Å². The summed E-state index contributed by atoms with van der Waals surface area (Å²) in [7, 11) is 1.42. The van der Waals surface area contributed by atoms with E-state index in [1.807, 2.05) is 13.0 Å². The molecule has 0 saturated carbocycles. The maximum absolute atomic E-state index is 11.2. The van der Waals surface area contributed by atoms with Gasteiger partial charge in [-0.2, -0.15) is 0 Å². The maximum Gasteiger partial charge on any atom is 0.310 e. The number of thiazole rings is 1. The van der Waals surface area contributed by atoms with Crippen molar-refractivity contribution in [2.75, 3.05) is 13.7 Å². The van der Waals surface area contributed by atoms with Crippen molar-refractivity contribution in [1.29, 1.82) is 0 Å². The zero-order chi connectivity index (χ0) is 14.4. The minimum absolute atomic E-state index is 0.190. The molecule has 2 rings (SSSR count). The lowest BCUT2D eigenvalue weighted by Crippen LogP contribution is -2.16. The number of rotatable bonds is 7. The quantitative estimate of drug-likeness (QED) is 0.631. The molecule has 1 N–H and O–H groups in total. The summed E-state index contributed by atoms with van der Waals surface area (Å²) in [6, 6.07) is 4.05. The molecule has 0 spiro atoms. The van der Waals surface area contributed by atoms with Crippen molar-refractivity contribution in [2.24, 2.45) is 0 Å². The molecular formula is C14H18N2O2S2. The zero-order valence-corrected chi connectivity index (χ0v) is 13.3. The highest BCUT2D eigenvalue weighted by Crippen LogP contribution is 2.17. The second-order valence-corrected chi connectivity index (χ2v) is 6.72. The van der Waals surface area contributed by atoms with Crippen LogP contribution in [-0.2, 0) is 28.9 Å². The highest BCUT2D eigenvalue weighted by atomic mass is 32.1. The molecule has 0 aliphatic heterocycles. The average molecular weight is 310 g/mol. The van der Waals surface area contributed by atoms with Gasteiger partial charge in [0.2, 0.25) is 0 Å². The Labute approximate surface area is 126 Å². The molecule has 0 aromatic carbocycles. The molecule has 2 aromatic heterocycles. The van der Waals surface area contributed by atoms with Crippen LogP contribution in [0.3, 0.4) is 0 Å². The number of carbonyl (C=O) groups excluding carboxylic acids is 1. The van der Waals surface area contributed by atoms with Gasteiger partial charge in [-0.25, -0.2) is 4.98 Å². The van der Waals surface area contributed by atoms with E-state index in [1.165, 1.54) is 12.0 Å². The molecule has 0 aliphatic carbocycles. The largest absolute Gasteiger partial charge is 0.469 e. The number of aryl methyl sites for hydroxylation is 1. The SMILES string of the molecule is COC(=O)Cc1ccc(CNCCc2csc(C)n2)s1. The van der Waals surface area contributed by atoms with Crippen molar-refractivity contribution < 1.29 is 9.53 Å². The number of aromatic nitrogens is 1. The van der Waals surface area contributed by atoms with Gasteiger partial charge in [-0.3, -0.25) is 4.79 Å². The molecule has 108 valence electrons. The summed E-state index contributed by atoms with van der Waals surface area (Å²) in [5.74, 6) is -0.190. The van der Waals surface area contributed by atoms with Crippen LogP contribution in [0.5, 0.6) is 0 Å². The Hall–Kier alpha value is -1.24. The molecule has 0 amide bonds. The van der Waals surface area contributed by atoms with Crippen LogP contribution in [-0.4, -0.2) is 24.6 Å². The Morgan fingerprint density at radius 3 is 2.90 bits per heavy atom. The van der Waals surface area contributed by atoms with Crippen molar-refractivity contribution in [3.63, 3.8) is 0 Å². The summed E-state index contributed by atoms with van der Waals surface area (Å²) in [6.45, 7) is 3.76. The molecule has 6 heteroatoms. The van der Waals surface area contributed by atoms with Crippen LogP contribution in [0, 0.1) is 6.92 Å². The van der Waals surface area contributed by atoms with Gasteiger partial charge in [0.25, 0.3) is 0 Å². The van der Waals surface area contributed by atoms with Crippen LogP contribution >= 0.6 is 22.7 Å². The molecule has 2 aromatic rings. The average Bonchev–Trinajstić information content (AvgIpc) is 3.04. The normalized spacial score (nSPS) is 10.7. The predicted octanol–water partition coefficient (Wildman–Crippen LogP) is 2.56. The van der Waals surface area contributed by atoms with Crippen LogP contribution in [0.25, 0.3) is 0 Å². The first-order valence-electron chi connectivity index (χ1n) is 6.43. The Morgan fingerprint density at radius 2 is 2.20 bits per heavy atom. The summed E-state index contributed by atoms with van der Waals surface area (Å²) >= 11 is 3.34. The molecule has 0 bridgehead atoms. The molecular weight excluding hydrogens is 292 g/mol. The lowest BCUT2D eigenvalue weighted by atomic mass is 10.3. The van der Waals surface area contributed by atoms with E-state index < -0.39 is 0 Å². The highest BCUT2D eigenvalue weighted by Gasteiger charge is 2.06. The number of hydrogen-bond donors (Lipinski definition) is 1. The number of nitrogens with zero attached hydrogens (tertiary/aromatic N) is 1. The summed E-state index contributed by atoms with van der Waals surface area (Å²) in [5, 5.41) is 6.62. The lowest BCUT2D eigenvalue weighted by Gasteiger charge is -2.01. The van der Waals surface area contributed by atoms with Gasteiger partial charge in [-0.1, -0.05) is 0 Å². The Balaban J connectivity index is 1.70. The first kappa shape index (κ1) is 15.2. The molecule has 0 atom stereocenters. The third-order valence-electron chi connectivity index (χ3n) is 2.79. The lowest BCUT2D eigenvalue weighted by molar-refractivity contribution is -0.139. The van der Waals surface area contributed by atoms with Gasteiger partial charge in [0, 0.05) is 34.6 Å². The van der Waals surface area contributed by atoms with Crippen LogP contribution < -0.4 is 5.32 Å². The van der Waals surface area contributed by atoms with Gasteiger partial charge in [0.05, 0.1) is 24.2 Å². The van der Waals surface area contributed by atoms with Crippen LogP contribution in [0.1, 0.15) is 20.5 Å². The number of thiophene rings is 1. The van der Waals surface area contributed by atoms with Crippen LogP contribution in [0.15, 0.2) is 17.5 Å². The van der Waals surface area contributed by atoms with E-state index in [0.717, 1.165) is 35.1 Å². The first-order valence-corrected chi connectivity index (χ1v) is 8.13. The fourth-order valence-electron chi connectivity index (χ4n) is 1.78. The number of nitrogens with one attached hydrogen (secondary N) is 1. The summed E-state index contributed by atoms with van der Waals surface area (Å²) < 4.78 is 4.66. The van der Waals surface area contributed by atoms with Gasteiger partial charge in [0.15, 0.2) is 0 Å². The Morgan fingerprint density at radius 1 is 1.40 bits per heavy atom. The first-order chi connectivity index (χ1) is 9.67. The molecule has 0 unspecified atom stereocenters. The van der Waals surface area contributed by atoms with Gasteiger partial charge < -0.3 is 10.1 Å². The molecule has 0 aliphatic rings. The second kappa shape index (κ2) is 7.52. The van der Waals surface area contributed by atoms with Crippen molar-refractivity contribution in [1.82, 2.24) is 10.3 Å². The monoisotopic (exact) mass is 310 g/mol. The number of methoxy groups -OCH3 is 1. The highest BCUT2D eigenvalue weighted by molar-refractivity contribution is 7.12. The Kier molecular flexibility index (Phi) is 5.70. The molecule has 4 nitrogen and oxygen atoms in total. The van der Waals surface area contributed by atoms with E-state index in [0.29, 0.717) is 6.42 Å². The van der Waals surface area contributed by atoms with E-state index >= 15 is 0 Å². The summed E-state index contributed by atoms with van der Waals surface area (Å²) in [6.07, 6.45) is 1.31. The molecule has 2 heterocycles. The zero-order valence-electron chi connectivity index (χ0n) is 11.6. The predicted molar refractivity (Wildman–Crippen MR) is 82.3 cm³/mol. The topological polar surface area (TPSA) is 51.2 Å². The molecule has 0 saturated heterocycles. The third-order valence-corrected chi connectivity index (χ3v) is 4.69. The van der Waals surface area contributed by atoms with Crippen molar-refractivity contribution in [2.45, 2.75) is 26.3 Å². The van der Waals surface area contributed by atoms with Gasteiger partial charge in [0.1, 0.15) is 0 Å². The van der Waals surface area contributed by atoms with E-state index in [1.54, 1.807) is 22.7 Å². The summed E-state index contributed by atoms with van der Waals surface area (Å²) in [5.41, 5.74) is 1.15. The molecule has 0 fully saturated rings. The number of ether oxygens (including phenoxy) is 1. The number of hydrogen-bond acceptors (Lipinski definition) is 6. The molecule has 0 radical (unpaired) electrons. The van der Waals surface area contributed by atoms with Gasteiger partial charge in [-0.15, -0.1) is 22.7 Å². The minimum Gasteiger partial charge on any atom is -0.469 e. The fourth-order valence-corrected chi connectivity index (χ4v) is 3.40. The van der Waals surface area contributed by atoms with Gasteiger partial charge in [-0.05, 0) is 19.1 Å². The van der Waals surface area contributed by atoms with Crippen LogP contribution in [0.2, 0.25) is 0 Å². The maximum atomic E-state index is 11.2. The second-order valence-electron chi connectivity index (χ2n) is 4.41. The van der Waals surface area contributed by atoms with E-state index in [2.05, 4.69) is 26.5 Å². The van der Waals surface area contributed by atoms with Crippen molar-refractivity contribution in [3.05, 3.63) is 38.0 Å². The minimum atomic E-state index is -0.190. The molecule has 20 heavy (non-hydrogen) atoms. The van der Waals surface area contributed by atoms with Crippen LogP contribution in [0.4, 0.5) is 0 Å². The van der Waals surface area contributed by atoms with E-state index in [4.69, 9.17) is 0 Å². The smallest absolute Gasteiger partial charge is 0.310 e. The number of esters is 1. The number of carbonyl (C=O) groups is 1. The van der Waals surface area contributed by atoms with E-state index in [-0.39, 0.29) is 5.97 Å². The van der Waals surface area contributed by atoms with Crippen molar-refractivity contribution in [3.8, 4) is 0 Å². The fraction of sp³-hybridized carbons (Fsp3) is 0.429. The van der Waals surface area contributed by atoms with Gasteiger partial charge >= 0.3 is 5.97 Å². The Bertz CT molecular complexity index is 563. The van der Waals surface area contributed by atoms with Crippen molar-refractivity contribution >= 4 is 28.6 Å². The summed E-state index contributed by atoms with van der Waals surface area (Å²) in [4.78, 5) is 17.9. The third kappa shape index (κ3) is 4.70.